The molecular formula is C73H95N9O22S2. The summed E-state index contributed by atoms with van der Waals surface area (Å²) < 4.78 is 49.6. The number of carboxylic acids is 1. The van der Waals surface area contributed by atoms with Crippen molar-refractivity contribution in [1.82, 2.24) is 37.2 Å². The van der Waals surface area contributed by atoms with Gasteiger partial charge in [0.2, 0.25) is 35.6 Å². The Kier molecular flexibility index (Phi) is 28.7. The number of hydrogen-bond donors (Lipinski definition) is 11. The third-order valence-corrected chi connectivity index (χ3v) is 22.6. The summed E-state index contributed by atoms with van der Waals surface area (Å²) in [7, 11) is 4.91. The van der Waals surface area contributed by atoms with Crippen LogP contribution in [-0.4, -0.2) is 211 Å². The number of rotatable bonds is 29. The molecule has 5 aliphatic rings. The Bertz CT molecular complexity index is 3750. The fourth-order valence-electron chi connectivity index (χ4n) is 14.6. The molecule has 3 aliphatic carbocycles. The van der Waals surface area contributed by atoms with E-state index in [1.54, 1.807) is 107 Å². The Balaban J connectivity index is 1.09. The van der Waals surface area contributed by atoms with Crippen molar-refractivity contribution >= 4 is 98.8 Å². The molecule has 2 saturated heterocycles. The van der Waals surface area contributed by atoms with Gasteiger partial charge in [0.15, 0.2) is 17.3 Å². The van der Waals surface area contributed by atoms with E-state index >= 15 is 9.59 Å². The van der Waals surface area contributed by atoms with Crippen LogP contribution in [0.2, 0.25) is 0 Å². The number of esters is 4. The second kappa shape index (κ2) is 36.9. The summed E-state index contributed by atoms with van der Waals surface area (Å²) in [5.74, 6) is -12.5. The molecule has 576 valence electrons. The number of methoxy groups -OCH3 is 2. The number of carboxylic acid groups (broad SMARTS) is 1. The van der Waals surface area contributed by atoms with Crippen molar-refractivity contribution in [3.63, 3.8) is 0 Å². The van der Waals surface area contributed by atoms with Crippen LogP contribution < -0.4 is 43.0 Å². The molecule has 8 rings (SSSR count). The van der Waals surface area contributed by atoms with Crippen molar-refractivity contribution in [3.05, 3.63) is 119 Å². The number of amides is 6. The normalized spacial score (nSPS) is 27.9. The number of unbranched alkanes of at least 4 members (excludes halogenated alkanes) is 1. The highest BCUT2D eigenvalue weighted by Crippen LogP contribution is 2.65. The number of Topliss-reactive ketones (excluding diaryl/α,β-unsaturated/α-hetero) is 1. The fourth-order valence-corrected chi connectivity index (χ4v) is 16.9. The number of carbonyl (C=O) groups is 12. The summed E-state index contributed by atoms with van der Waals surface area (Å²) in [6.07, 6.45) is -10.6. The van der Waals surface area contributed by atoms with E-state index in [-0.39, 0.29) is 98.0 Å². The van der Waals surface area contributed by atoms with E-state index in [1.807, 2.05) is 6.92 Å². The molecule has 2 heterocycles. The van der Waals surface area contributed by atoms with Gasteiger partial charge in [-0.25, -0.2) is 14.4 Å². The van der Waals surface area contributed by atoms with Crippen LogP contribution in [0.5, 0.6) is 0 Å². The molecule has 31 nitrogen and oxygen atoms in total. The van der Waals surface area contributed by atoms with Crippen LogP contribution in [0.3, 0.4) is 0 Å². The lowest BCUT2D eigenvalue weighted by Crippen LogP contribution is -2.82. The predicted molar refractivity (Wildman–Crippen MR) is 384 cm³/mol. The monoisotopic (exact) mass is 1510 g/mol. The number of ketones is 1. The number of aliphatic hydroxyl groups is 1. The number of nitrogens with two attached hydrogens (primary N) is 1. The van der Waals surface area contributed by atoms with Crippen molar-refractivity contribution in [3.8, 4) is 0 Å². The van der Waals surface area contributed by atoms with Gasteiger partial charge in [0, 0.05) is 70.3 Å². The lowest BCUT2D eigenvalue weighted by molar-refractivity contribution is -0.347. The number of alkyl carbamates (subject to hydrolysis) is 1. The molecule has 0 spiro atoms. The third kappa shape index (κ3) is 19.3. The Morgan fingerprint density at radius 1 is 0.792 bits per heavy atom. The van der Waals surface area contributed by atoms with Gasteiger partial charge in [0.25, 0.3) is 0 Å². The lowest BCUT2D eigenvalue weighted by Gasteiger charge is -2.67. The molecule has 2 saturated carbocycles. The van der Waals surface area contributed by atoms with E-state index in [9.17, 15) is 58.2 Å². The molecule has 0 aromatic heterocycles. The second-order valence-electron chi connectivity index (χ2n) is 27.5. The second-order valence-corrected chi connectivity index (χ2v) is 30.1. The minimum atomic E-state index is -2.40. The summed E-state index contributed by atoms with van der Waals surface area (Å²) in [6.45, 7) is 8.56. The molecule has 106 heavy (non-hydrogen) atoms. The van der Waals surface area contributed by atoms with Crippen molar-refractivity contribution < 1.29 is 106 Å². The van der Waals surface area contributed by atoms with E-state index in [1.165, 1.54) is 33.3 Å². The molecule has 3 aromatic rings. The Hall–Kier alpha value is -9.15. The molecule has 6 amide bonds. The van der Waals surface area contributed by atoms with Gasteiger partial charge < -0.3 is 91.1 Å². The maximum Gasteiger partial charge on any atom is 0.407 e. The SMILES string of the molecule is CCCCOC(=O)N[C@@H](c1ccccc1)[C@@H](OC(=O)CCCSSC[C@@H]1NC(=O)[C@@H](Cc2ccccc2)NC(=O)[C@H](CC(=O)O)NC(=O)CNC(=O)[C@H](CCCNC(=N)N)NC1=O)C(=O)O[C@H]1C[C@@]2(O)[C@@H](OC(=O)c3ccccc3)[C@@H]3[C@]4(OC(C)=O)CO[C@@H]4C[C@H](OC)[C@@]3(C)C(=O)[C@H](OC)C(=C1C)C2(C)C. The average Bonchev–Trinajstić information content (AvgIpc) is 0.668. The topological polar surface area (TPSA) is 453 Å². The number of fused-ring (bicyclic) bond motifs is 5. The van der Waals surface area contributed by atoms with E-state index in [4.69, 9.17) is 49.0 Å². The molecule has 0 unspecified atom stereocenters. The van der Waals surface area contributed by atoms with Crippen LogP contribution in [0, 0.1) is 22.2 Å². The summed E-state index contributed by atoms with van der Waals surface area (Å²) in [4.78, 5) is 170. The molecule has 2 bridgehead atoms. The van der Waals surface area contributed by atoms with Gasteiger partial charge in [0.1, 0.15) is 60.2 Å². The van der Waals surface area contributed by atoms with Gasteiger partial charge >= 0.3 is 35.9 Å². The van der Waals surface area contributed by atoms with E-state index < -0.39 is 185 Å². The minimum Gasteiger partial charge on any atom is -0.481 e. The largest absolute Gasteiger partial charge is 0.481 e. The average molecular weight is 1510 g/mol. The summed E-state index contributed by atoms with van der Waals surface area (Å²) in [6, 6.07) is 16.9. The Morgan fingerprint density at radius 3 is 2.06 bits per heavy atom. The molecule has 3 aromatic carbocycles. The fraction of sp³-hybridized carbons (Fsp3) is 0.548. The van der Waals surface area contributed by atoms with Gasteiger partial charge in [-0.3, -0.25) is 48.6 Å². The molecule has 15 atom stereocenters. The first kappa shape index (κ1) is 82.5. The molecule has 2 aliphatic heterocycles. The van der Waals surface area contributed by atoms with Crippen LogP contribution in [0.4, 0.5) is 4.79 Å². The van der Waals surface area contributed by atoms with Crippen LogP contribution in [0.25, 0.3) is 0 Å². The third-order valence-electron chi connectivity index (χ3n) is 20.1. The first-order valence-electron chi connectivity index (χ1n) is 35.0. The first-order valence-corrected chi connectivity index (χ1v) is 37.5. The Morgan fingerprint density at radius 2 is 1.43 bits per heavy atom. The zero-order valence-electron chi connectivity index (χ0n) is 60.4. The minimum absolute atomic E-state index is 0.0228. The van der Waals surface area contributed by atoms with E-state index in [0.717, 1.165) is 21.6 Å². The zero-order chi connectivity index (χ0) is 77.3. The summed E-state index contributed by atoms with van der Waals surface area (Å²) >= 11 is 0. The standard InChI is InChI=1S/C73H95N9O22S2/c1-9-10-31-99-69(95)82-56(43-24-16-12-17-25-43)58(67(94)101-49-36-73(96)61(103-66(93)44-26-18-13-19-27-44)59-71(6,60(88)57(98-8)55(40(49)2)70(73,4)5)50(97-7)35-51-72(59,39-100-51)104-41(3)83)102-54(87)29-21-32-105-106-38-48-65(92)79-45(28-20-30-76-68(74)75)62(89)77-37-52(84)78-47(34-53(85)86)64(91)80-46(63(90)81-48)33-42-22-14-11-15-23-42/h11-19,22-27,45-51,56-59,61,96H,9-10,20-21,28-39H2,1-8H3,(H,77,89)(H,78,84)(H,79,92)(H,80,91)(H,81,90)(H,82,95)(H,85,86)(H4,74,75,76)/t45-,46+,47-,48-,49-,50-,51+,56-,57+,58+,59-,61-,71+,72-,73+/m0/s1. The van der Waals surface area contributed by atoms with Gasteiger partial charge in [-0.15, -0.1) is 0 Å². The van der Waals surface area contributed by atoms with Crippen LogP contribution in [0.1, 0.15) is 127 Å². The molecule has 33 heteroatoms. The number of benzene rings is 3. The van der Waals surface area contributed by atoms with E-state index in [0.29, 0.717) is 18.4 Å². The van der Waals surface area contributed by atoms with Crippen LogP contribution in [0.15, 0.2) is 102 Å². The van der Waals surface area contributed by atoms with Crippen molar-refractivity contribution in [2.45, 2.75) is 184 Å². The van der Waals surface area contributed by atoms with Gasteiger partial charge in [-0.1, -0.05) is 128 Å². The van der Waals surface area contributed by atoms with Crippen molar-refractivity contribution in [2.75, 3.05) is 52.0 Å². The van der Waals surface area contributed by atoms with E-state index in [2.05, 4.69) is 37.2 Å². The van der Waals surface area contributed by atoms with Crippen LogP contribution in [-0.2, 0) is 92.3 Å². The number of guanidine groups is 1. The maximum atomic E-state index is 16.1. The predicted octanol–water partition coefficient (Wildman–Crippen LogP) is 3.33. The van der Waals surface area contributed by atoms with Gasteiger partial charge in [-0.05, 0) is 73.9 Å². The number of hydrogen-bond acceptors (Lipinski definition) is 24. The quantitative estimate of drug-likeness (QED) is 0.00903. The highest BCUT2D eigenvalue weighted by molar-refractivity contribution is 8.76. The number of carbonyl (C=O) groups excluding carboxylic acids is 11. The first-order chi connectivity index (χ1) is 50.4. The zero-order valence-corrected chi connectivity index (χ0v) is 62.0. The number of aliphatic carboxylic acids is 1. The molecule has 4 fully saturated rings. The van der Waals surface area contributed by atoms with Crippen molar-refractivity contribution in [2.24, 2.45) is 22.5 Å². The Labute approximate surface area is 621 Å². The summed E-state index contributed by atoms with van der Waals surface area (Å²) in [5.41, 5.74) is -0.866. The lowest BCUT2D eigenvalue weighted by atomic mass is 9.44. The smallest absolute Gasteiger partial charge is 0.407 e. The highest BCUT2D eigenvalue weighted by Gasteiger charge is 2.78. The summed E-state index contributed by atoms with van der Waals surface area (Å²) in [5, 5.41) is 49.4. The van der Waals surface area contributed by atoms with Gasteiger partial charge in [0.05, 0.1) is 49.2 Å². The highest BCUT2D eigenvalue weighted by atomic mass is 33.1. The maximum absolute atomic E-state index is 16.1. The molecular weight excluding hydrogens is 1420 g/mol. The van der Waals surface area contributed by atoms with Gasteiger partial charge in [-0.2, -0.15) is 0 Å². The molecule has 12 N–H and O–H groups in total. The van der Waals surface area contributed by atoms with Crippen LogP contribution >= 0.6 is 21.6 Å². The number of nitrogens with one attached hydrogen (secondary N) is 8. The number of ether oxygens (including phenoxy) is 8. The molecule has 0 radical (unpaired) electrons. The van der Waals surface area contributed by atoms with Crippen molar-refractivity contribution in [1.29, 1.82) is 5.41 Å².